The van der Waals surface area contributed by atoms with E-state index in [1.165, 1.54) is 0 Å². The fourth-order valence-corrected chi connectivity index (χ4v) is 9.24. The summed E-state index contributed by atoms with van der Waals surface area (Å²) in [6.45, 7) is 6.56. The molecule has 0 amide bonds. The van der Waals surface area contributed by atoms with Crippen molar-refractivity contribution < 1.29 is 17.6 Å². The summed E-state index contributed by atoms with van der Waals surface area (Å²) in [5, 5.41) is 2.08. The molecule has 0 aromatic heterocycles. The molecule has 1 nitrogen and oxygen atoms in total. The molecule has 0 spiro atoms. The maximum atomic E-state index is 13.4. The number of halogens is 3. The average molecular weight is 441 g/mol. The van der Waals surface area contributed by atoms with Gasteiger partial charge in [-0.2, -0.15) is 13.2 Å². The van der Waals surface area contributed by atoms with Crippen LogP contribution in [0.1, 0.15) is 44.2 Å². The van der Waals surface area contributed by atoms with Crippen molar-refractivity contribution in [2.75, 3.05) is 0 Å². The Morgan fingerprint density at radius 2 is 1.35 bits per heavy atom. The number of benzene rings is 3. The van der Waals surface area contributed by atoms with E-state index in [0.717, 1.165) is 15.9 Å². The van der Waals surface area contributed by atoms with Crippen LogP contribution in [0.15, 0.2) is 78.9 Å². The first-order chi connectivity index (χ1) is 14.6. The summed E-state index contributed by atoms with van der Waals surface area (Å²) in [6, 6.07) is 25.7. The molecular weight excluding hydrogens is 413 g/mol. The lowest BCUT2D eigenvalue weighted by atomic mass is 10.0. The van der Waals surface area contributed by atoms with Crippen molar-refractivity contribution >= 4 is 18.7 Å². The fourth-order valence-electron chi connectivity index (χ4n) is 4.82. The van der Waals surface area contributed by atoms with E-state index < -0.39 is 20.4 Å². The van der Waals surface area contributed by atoms with Gasteiger partial charge in [0.15, 0.2) is 0 Å². The van der Waals surface area contributed by atoms with E-state index in [-0.39, 0.29) is 11.5 Å². The largest absolute Gasteiger partial charge is 0.534 e. The molecule has 1 aliphatic carbocycles. The lowest BCUT2D eigenvalue weighted by Gasteiger charge is -2.43. The quantitative estimate of drug-likeness (QED) is 0.438. The van der Waals surface area contributed by atoms with Crippen molar-refractivity contribution in [2.24, 2.45) is 0 Å². The van der Waals surface area contributed by atoms with Crippen LogP contribution >= 0.6 is 0 Å². The van der Waals surface area contributed by atoms with E-state index in [1.807, 2.05) is 42.5 Å². The fraction of sp³-hybridized carbons (Fsp3) is 0.308. The second-order valence-electron chi connectivity index (χ2n) is 9.26. The van der Waals surface area contributed by atoms with Crippen LogP contribution in [0.25, 0.3) is 0 Å². The van der Waals surface area contributed by atoms with E-state index in [9.17, 15) is 13.2 Å². The minimum absolute atomic E-state index is 0.113. The molecule has 1 unspecified atom stereocenters. The Morgan fingerprint density at radius 3 is 1.84 bits per heavy atom. The second-order valence-corrected chi connectivity index (χ2v) is 13.5. The molecule has 0 bridgehead atoms. The lowest BCUT2D eigenvalue weighted by molar-refractivity contribution is -0.149. The molecule has 0 saturated heterocycles. The summed E-state index contributed by atoms with van der Waals surface area (Å²) >= 11 is 0. The molecule has 0 radical (unpaired) electrons. The smallest absolute Gasteiger partial charge is 0.395 e. The Bertz CT molecular complexity index is 1000. The Morgan fingerprint density at radius 1 is 0.806 bits per heavy atom. The highest BCUT2D eigenvalue weighted by molar-refractivity contribution is 7.00. The third-order valence-corrected chi connectivity index (χ3v) is 11.2. The Kier molecular flexibility index (Phi) is 5.50. The second kappa shape index (κ2) is 7.86. The Labute approximate surface area is 183 Å². The van der Waals surface area contributed by atoms with E-state index in [1.54, 1.807) is 12.1 Å². The Hall–Kier alpha value is -2.53. The topological polar surface area (TPSA) is 9.23 Å². The summed E-state index contributed by atoms with van der Waals surface area (Å²) in [5.41, 5.74) is 1.14. The highest BCUT2D eigenvalue weighted by Gasteiger charge is 2.52. The molecule has 162 valence electrons. The number of hydrogen-bond donors (Lipinski definition) is 0. The van der Waals surface area contributed by atoms with Crippen LogP contribution in [0.3, 0.4) is 0 Å². The number of rotatable bonds is 4. The van der Waals surface area contributed by atoms with Gasteiger partial charge in [-0.05, 0) is 51.5 Å². The summed E-state index contributed by atoms with van der Waals surface area (Å²) in [5.74, 6) is -0.722. The number of alkyl halides is 3. The van der Waals surface area contributed by atoms with Crippen LogP contribution in [-0.2, 0) is 6.42 Å². The van der Waals surface area contributed by atoms with E-state index in [0.29, 0.717) is 17.7 Å². The van der Waals surface area contributed by atoms with E-state index in [4.69, 9.17) is 4.43 Å². The molecule has 0 fully saturated rings. The van der Waals surface area contributed by atoms with Gasteiger partial charge in [-0.25, -0.2) is 0 Å². The number of hydrogen-bond acceptors (Lipinski definition) is 1. The maximum Gasteiger partial charge on any atom is 0.395 e. The zero-order valence-electron chi connectivity index (χ0n) is 18.0. The Balaban J connectivity index is 1.84. The van der Waals surface area contributed by atoms with Gasteiger partial charge in [0.1, 0.15) is 5.75 Å². The molecule has 0 heterocycles. The van der Waals surface area contributed by atoms with Crippen molar-refractivity contribution in [1.82, 2.24) is 0 Å². The molecule has 4 rings (SSSR count). The summed E-state index contributed by atoms with van der Waals surface area (Å²) in [7, 11) is -2.80. The van der Waals surface area contributed by atoms with Gasteiger partial charge in [0, 0.05) is 0 Å². The van der Waals surface area contributed by atoms with Crippen molar-refractivity contribution in [2.45, 2.75) is 50.7 Å². The van der Waals surface area contributed by atoms with E-state index in [2.05, 4.69) is 45.0 Å². The average Bonchev–Trinajstić information content (AvgIpc) is 3.16. The van der Waals surface area contributed by atoms with Gasteiger partial charge in [-0.3, -0.25) is 0 Å². The molecule has 1 aliphatic rings. The lowest BCUT2D eigenvalue weighted by Crippen LogP contribution is -2.68. The summed E-state index contributed by atoms with van der Waals surface area (Å²) < 4.78 is 47.1. The van der Waals surface area contributed by atoms with Crippen LogP contribution in [-0.4, -0.2) is 14.5 Å². The third-order valence-electron chi connectivity index (χ3n) is 6.28. The van der Waals surface area contributed by atoms with Crippen LogP contribution in [0.2, 0.25) is 5.04 Å². The van der Waals surface area contributed by atoms with Gasteiger partial charge in [-0.15, -0.1) is 0 Å². The van der Waals surface area contributed by atoms with Gasteiger partial charge >= 0.3 is 14.5 Å². The molecule has 31 heavy (non-hydrogen) atoms. The molecule has 0 N–H and O–H groups in total. The van der Waals surface area contributed by atoms with Crippen molar-refractivity contribution in [3.63, 3.8) is 0 Å². The normalized spacial score (nSPS) is 16.8. The molecule has 1 atom stereocenters. The van der Waals surface area contributed by atoms with E-state index >= 15 is 0 Å². The first kappa shape index (κ1) is 21.7. The number of fused-ring (bicyclic) bond motifs is 1. The van der Waals surface area contributed by atoms with Crippen LogP contribution in [0.5, 0.6) is 5.75 Å². The standard InChI is InChI=1S/C26H27F3OSi/c1-25(2,3)31(21-10-6-4-7-11-21,22-12-8-5-9-13-22)30-20-15-16-23-19(18-20)14-17-24(23)26(27,28)29/h4-13,15-16,18,24H,14,17H2,1-3H3. The summed E-state index contributed by atoms with van der Waals surface area (Å²) in [6.07, 6.45) is -3.66. The summed E-state index contributed by atoms with van der Waals surface area (Å²) in [4.78, 5) is 0. The number of aryl methyl sites for hydroxylation is 1. The van der Waals surface area contributed by atoms with Crippen molar-refractivity contribution in [1.29, 1.82) is 0 Å². The van der Waals surface area contributed by atoms with Crippen molar-refractivity contribution in [3.8, 4) is 5.75 Å². The van der Waals surface area contributed by atoms with Crippen molar-refractivity contribution in [3.05, 3.63) is 90.0 Å². The van der Waals surface area contributed by atoms with Gasteiger partial charge in [-0.1, -0.05) is 87.5 Å². The SMILES string of the molecule is CC(C)(C)[Si](Oc1ccc2c(c1)CCC2C(F)(F)F)(c1ccccc1)c1ccccc1. The van der Waals surface area contributed by atoms with Crippen LogP contribution in [0.4, 0.5) is 13.2 Å². The highest BCUT2D eigenvalue weighted by Crippen LogP contribution is 2.46. The molecule has 0 saturated carbocycles. The minimum atomic E-state index is -4.20. The molecule has 3 aromatic carbocycles. The maximum absolute atomic E-state index is 13.4. The minimum Gasteiger partial charge on any atom is -0.534 e. The highest BCUT2D eigenvalue weighted by atomic mass is 28.4. The first-order valence-corrected chi connectivity index (χ1v) is 12.5. The van der Waals surface area contributed by atoms with Crippen LogP contribution in [0, 0.1) is 0 Å². The third kappa shape index (κ3) is 3.91. The molecule has 5 heteroatoms. The van der Waals surface area contributed by atoms with Gasteiger partial charge in [0.2, 0.25) is 0 Å². The monoisotopic (exact) mass is 440 g/mol. The zero-order valence-corrected chi connectivity index (χ0v) is 19.0. The predicted molar refractivity (Wildman–Crippen MR) is 122 cm³/mol. The first-order valence-electron chi connectivity index (χ1n) is 10.6. The zero-order chi connectivity index (χ0) is 22.3. The van der Waals surface area contributed by atoms with Crippen LogP contribution < -0.4 is 14.8 Å². The van der Waals surface area contributed by atoms with Gasteiger partial charge in [0.05, 0.1) is 5.92 Å². The molecule has 3 aromatic rings. The van der Waals surface area contributed by atoms with Gasteiger partial charge < -0.3 is 4.43 Å². The molecule has 0 aliphatic heterocycles. The molecular formula is C26H27F3OSi. The van der Waals surface area contributed by atoms with Gasteiger partial charge in [0.25, 0.3) is 0 Å². The predicted octanol–water partition coefficient (Wildman–Crippen LogP) is 6.22.